The van der Waals surface area contributed by atoms with Crippen LogP contribution >= 0.6 is 11.8 Å². The zero-order valence-electron chi connectivity index (χ0n) is 13.1. The van der Waals surface area contributed by atoms with Crippen molar-refractivity contribution in [3.63, 3.8) is 0 Å². The second kappa shape index (κ2) is 7.44. The molecule has 0 aliphatic carbocycles. The lowest BCUT2D eigenvalue weighted by molar-refractivity contribution is -0.431. The molecule has 3 N–H and O–H groups in total. The Morgan fingerprint density at radius 1 is 1.04 bits per heavy atom. The first-order valence-corrected chi connectivity index (χ1v) is 8.58. The lowest BCUT2D eigenvalue weighted by atomic mass is 10.1. The van der Waals surface area contributed by atoms with Crippen molar-refractivity contribution in [3.8, 4) is 0 Å². The van der Waals surface area contributed by atoms with Crippen molar-refractivity contribution in [2.24, 2.45) is 0 Å². The van der Waals surface area contributed by atoms with Crippen LogP contribution in [0.2, 0.25) is 0 Å². The second-order valence-corrected chi connectivity index (χ2v) is 6.43. The Morgan fingerprint density at radius 3 is 2.57 bits per heavy atom. The number of benzene rings is 2. The van der Waals surface area contributed by atoms with E-state index in [1.807, 2.05) is 30.3 Å². The van der Waals surface area contributed by atoms with Gasteiger partial charge >= 0.3 is 0 Å². The zero-order valence-corrected chi connectivity index (χ0v) is 13.9. The van der Waals surface area contributed by atoms with E-state index in [0.29, 0.717) is 11.1 Å². The number of nitrogens with zero attached hydrogens (tertiary/aromatic N) is 2. The zero-order chi connectivity index (χ0) is 16.1. The topological polar surface area (TPSA) is 66.6 Å². The maximum atomic E-state index is 5.76. The van der Waals surface area contributed by atoms with Gasteiger partial charge in [0, 0.05) is 12.2 Å². The number of aryl methyl sites for hydroxylation is 1. The summed E-state index contributed by atoms with van der Waals surface area (Å²) in [5.74, 6) is 1.43. The molecule has 1 unspecified atom stereocenters. The predicted octanol–water partition coefficient (Wildman–Crippen LogP) is 3.20. The van der Waals surface area contributed by atoms with Gasteiger partial charge in [0.2, 0.25) is 0 Å². The lowest BCUT2D eigenvalue weighted by Gasteiger charge is -2.04. The molecular weight excluding hydrogens is 306 g/mol. The number of quaternary nitrogens is 1. The summed E-state index contributed by atoms with van der Waals surface area (Å²) < 4.78 is 5.76. The average Bonchev–Trinajstić information content (AvgIpc) is 3.04. The molecule has 23 heavy (non-hydrogen) atoms. The smallest absolute Gasteiger partial charge is 0.277 e. The molecule has 5 heteroatoms. The van der Waals surface area contributed by atoms with E-state index in [0.717, 1.165) is 12.2 Å². The molecule has 0 aliphatic heterocycles. The molecule has 4 nitrogen and oxygen atoms in total. The Labute approximate surface area is 140 Å². The third-order valence-electron chi connectivity index (χ3n) is 3.71. The van der Waals surface area contributed by atoms with Gasteiger partial charge in [0.1, 0.15) is 0 Å². The Bertz CT molecular complexity index is 758. The molecule has 1 aromatic heterocycles. The van der Waals surface area contributed by atoms with Crippen molar-refractivity contribution in [2.75, 3.05) is 0 Å². The van der Waals surface area contributed by atoms with Gasteiger partial charge in [0.05, 0.1) is 0 Å². The standard InChI is InChI=1S/C18H19N3OS/c1-13-7-5-6-10-15(13)12-23-18-21-20-17(22-18)16(19)11-14-8-3-2-4-9-14/h2-10,16H,11-12,19H2,1H3/p+1. The fourth-order valence-corrected chi connectivity index (χ4v) is 3.19. The lowest BCUT2D eigenvalue weighted by Crippen LogP contribution is -2.54. The highest BCUT2D eigenvalue weighted by molar-refractivity contribution is 7.98. The van der Waals surface area contributed by atoms with Crippen LogP contribution in [-0.2, 0) is 12.2 Å². The number of hydrogen-bond acceptors (Lipinski definition) is 4. The van der Waals surface area contributed by atoms with Gasteiger partial charge in [-0.05, 0) is 23.6 Å². The van der Waals surface area contributed by atoms with E-state index in [-0.39, 0.29) is 6.04 Å². The third kappa shape index (κ3) is 4.21. The number of thioether (sulfide) groups is 1. The summed E-state index contributed by atoms with van der Waals surface area (Å²) in [5.41, 5.74) is 7.93. The molecule has 0 spiro atoms. The maximum absolute atomic E-state index is 5.76. The first-order valence-electron chi connectivity index (χ1n) is 7.60. The van der Waals surface area contributed by atoms with Crippen LogP contribution in [0.1, 0.15) is 28.6 Å². The largest absolute Gasteiger partial charge is 0.410 e. The Kier molecular flexibility index (Phi) is 5.10. The van der Waals surface area contributed by atoms with E-state index in [4.69, 9.17) is 4.42 Å². The summed E-state index contributed by atoms with van der Waals surface area (Å²) in [6.07, 6.45) is 0.797. The van der Waals surface area contributed by atoms with Crippen molar-refractivity contribution in [1.29, 1.82) is 0 Å². The van der Waals surface area contributed by atoms with Crippen molar-refractivity contribution in [2.45, 2.75) is 30.4 Å². The van der Waals surface area contributed by atoms with Gasteiger partial charge in [-0.3, -0.25) is 0 Å². The van der Waals surface area contributed by atoms with Crippen LogP contribution in [0.15, 0.2) is 64.2 Å². The molecule has 0 fully saturated rings. The van der Waals surface area contributed by atoms with Crippen LogP contribution in [0.5, 0.6) is 0 Å². The SMILES string of the molecule is Cc1ccccc1CSc1nnc(C([NH3+])Cc2ccccc2)o1. The maximum Gasteiger partial charge on any atom is 0.277 e. The summed E-state index contributed by atoms with van der Waals surface area (Å²) >= 11 is 1.56. The first kappa shape index (κ1) is 15.8. The molecule has 1 atom stereocenters. The molecule has 0 amide bonds. The minimum atomic E-state index is -0.0299. The Balaban J connectivity index is 1.60. The van der Waals surface area contributed by atoms with Crippen LogP contribution < -0.4 is 5.73 Å². The van der Waals surface area contributed by atoms with Gasteiger partial charge in [-0.1, -0.05) is 66.4 Å². The van der Waals surface area contributed by atoms with Gasteiger partial charge in [-0.15, -0.1) is 10.2 Å². The predicted molar refractivity (Wildman–Crippen MR) is 90.8 cm³/mol. The molecule has 1 heterocycles. The minimum Gasteiger partial charge on any atom is -0.410 e. The molecule has 118 valence electrons. The molecule has 0 bridgehead atoms. The molecule has 0 aliphatic rings. The van der Waals surface area contributed by atoms with E-state index in [9.17, 15) is 0 Å². The van der Waals surface area contributed by atoms with Crippen LogP contribution in [-0.4, -0.2) is 10.2 Å². The van der Waals surface area contributed by atoms with Crippen molar-refractivity contribution < 1.29 is 10.2 Å². The van der Waals surface area contributed by atoms with Gasteiger partial charge in [0.25, 0.3) is 11.1 Å². The highest BCUT2D eigenvalue weighted by atomic mass is 32.2. The van der Waals surface area contributed by atoms with Crippen molar-refractivity contribution >= 4 is 11.8 Å². The number of hydrogen-bond donors (Lipinski definition) is 1. The van der Waals surface area contributed by atoms with E-state index < -0.39 is 0 Å². The third-order valence-corrected chi connectivity index (χ3v) is 4.58. The Hall–Kier alpha value is -2.11. The molecule has 3 aromatic rings. The van der Waals surface area contributed by atoms with E-state index in [1.54, 1.807) is 11.8 Å². The molecular formula is C18H20N3OS+. The highest BCUT2D eigenvalue weighted by Crippen LogP contribution is 2.24. The first-order chi connectivity index (χ1) is 11.2. The molecule has 0 saturated carbocycles. The van der Waals surface area contributed by atoms with E-state index in [2.05, 4.69) is 47.1 Å². The van der Waals surface area contributed by atoms with E-state index in [1.165, 1.54) is 16.7 Å². The van der Waals surface area contributed by atoms with Crippen LogP contribution in [0.25, 0.3) is 0 Å². The molecule has 2 aromatic carbocycles. The minimum absolute atomic E-state index is 0.0299. The van der Waals surface area contributed by atoms with Crippen LogP contribution in [0.3, 0.4) is 0 Å². The van der Waals surface area contributed by atoms with Gasteiger partial charge in [0.15, 0.2) is 6.04 Å². The normalized spacial score (nSPS) is 12.3. The van der Waals surface area contributed by atoms with E-state index >= 15 is 0 Å². The number of rotatable bonds is 6. The fourth-order valence-electron chi connectivity index (χ4n) is 2.34. The van der Waals surface area contributed by atoms with Gasteiger partial charge in [-0.2, -0.15) is 0 Å². The van der Waals surface area contributed by atoms with Crippen molar-refractivity contribution in [3.05, 3.63) is 77.2 Å². The quantitative estimate of drug-likeness (QED) is 0.706. The Morgan fingerprint density at radius 2 is 1.78 bits per heavy atom. The summed E-state index contributed by atoms with van der Waals surface area (Å²) in [7, 11) is 0. The van der Waals surface area contributed by atoms with Crippen LogP contribution in [0, 0.1) is 6.92 Å². The molecule has 3 rings (SSSR count). The number of aromatic nitrogens is 2. The summed E-state index contributed by atoms with van der Waals surface area (Å²) in [6.45, 7) is 2.11. The fraction of sp³-hybridized carbons (Fsp3) is 0.222. The summed E-state index contributed by atoms with van der Waals surface area (Å²) in [5, 5.41) is 8.88. The average molecular weight is 326 g/mol. The molecule has 0 radical (unpaired) electrons. The second-order valence-electron chi connectivity index (χ2n) is 5.51. The van der Waals surface area contributed by atoms with Crippen molar-refractivity contribution in [1.82, 2.24) is 10.2 Å². The monoisotopic (exact) mass is 326 g/mol. The van der Waals surface area contributed by atoms with Gasteiger partial charge < -0.3 is 10.2 Å². The summed E-state index contributed by atoms with van der Waals surface area (Å²) in [4.78, 5) is 0. The van der Waals surface area contributed by atoms with Gasteiger partial charge in [-0.25, -0.2) is 0 Å². The van der Waals surface area contributed by atoms with Crippen LogP contribution in [0.4, 0.5) is 0 Å². The summed E-state index contributed by atoms with van der Waals surface area (Å²) in [6, 6.07) is 18.5. The highest BCUT2D eigenvalue weighted by Gasteiger charge is 2.18. The molecule has 0 saturated heterocycles.